The Hall–Kier alpha value is -3.73. The number of carbonyl (C=O) groups excluding carboxylic acids is 1. The standard InChI is InChI=1S/C23H20O5.C10H18.C2H6/c1-26-16-10-15-11-17-19(27-2)9-8-18(24)22(17)23(25)21(15)20(12-16)28-13-14-6-4-3-5-7-14;1-8-6-5-7-10(3,4)9(8)2;1-2/h3-10,12,24H,11,13H2,1-2H3;5-7H2,1-4H3;1-2H3. The van der Waals surface area contributed by atoms with E-state index in [1.54, 1.807) is 37.5 Å². The highest BCUT2D eigenvalue weighted by Gasteiger charge is 2.32. The van der Waals surface area contributed by atoms with Gasteiger partial charge in [-0.25, -0.2) is 0 Å². The van der Waals surface area contributed by atoms with E-state index in [1.165, 1.54) is 25.3 Å². The van der Waals surface area contributed by atoms with Crippen LogP contribution in [0.1, 0.15) is 93.4 Å². The second-order valence-corrected chi connectivity index (χ2v) is 10.7. The van der Waals surface area contributed by atoms with Gasteiger partial charge in [0.05, 0.1) is 25.3 Å². The zero-order valence-corrected chi connectivity index (χ0v) is 25.3. The smallest absolute Gasteiger partial charge is 0.201 e. The number of methoxy groups -OCH3 is 2. The van der Waals surface area contributed by atoms with E-state index in [0.29, 0.717) is 46.8 Å². The average molecular weight is 545 g/mol. The van der Waals surface area contributed by atoms with Crippen LogP contribution >= 0.6 is 0 Å². The summed E-state index contributed by atoms with van der Waals surface area (Å²) < 4.78 is 16.8. The summed E-state index contributed by atoms with van der Waals surface area (Å²) in [6.45, 7) is 13.6. The first kappa shape index (κ1) is 30.8. The lowest BCUT2D eigenvalue weighted by atomic mass is 9.74. The maximum atomic E-state index is 13.3. The molecule has 0 amide bonds. The zero-order valence-electron chi connectivity index (χ0n) is 25.3. The average Bonchev–Trinajstić information content (AvgIpc) is 2.96. The fraction of sp³-hybridized carbons (Fsp3) is 0.400. The monoisotopic (exact) mass is 544 g/mol. The van der Waals surface area contributed by atoms with Gasteiger partial charge in [0.2, 0.25) is 5.78 Å². The number of rotatable bonds is 5. The topological polar surface area (TPSA) is 65.0 Å². The maximum Gasteiger partial charge on any atom is 0.201 e. The van der Waals surface area contributed by atoms with Gasteiger partial charge in [0.1, 0.15) is 29.6 Å². The summed E-state index contributed by atoms with van der Waals surface area (Å²) in [6, 6.07) is 16.4. The molecule has 2 aliphatic rings. The lowest BCUT2D eigenvalue weighted by Crippen LogP contribution is -2.18. The number of phenolic OH excluding ortho intramolecular Hbond substituents is 1. The summed E-state index contributed by atoms with van der Waals surface area (Å²) in [5.74, 6) is 1.28. The van der Waals surface area contributed by atoms with Crippen LogP contribution in [0.2, 0.25) is 0 Å². The molecule has 0 unspecified atom stereocenters. The van der Waals surface area contributed by atoms with Crippen molar-refractivity contribution in [2.45, 2.75) is 73.8 Å². The van der Waals surface area contributed by atoms with Crippen molar-refractivity contribution in [1.29, 1.82) is 0 Å². The summed E-state index contributed by atoms with van der Waals surface area (Å²) in [6.07, 6.45) is 4.52. The molecule has 0 heterocycles. The van der Waals surface area contributed by atoms with Crippen LogP contribution in [-0.2, 0) is 13.0 Å². The molecule has 5 rings (SSSR count). The second kappa shape index (κ2) is 13.6. The number of fused-ring (bicyclic) bond motifs is 2. The zero-order chi connectivity index (χ0) is 29.4. The fourth-order valence-corrected chi connectivity index (χ4v) is 5.31. The van der Waals surface area contributed by atoms with Crippen LogP contribution in [0.4, 0.5) is 0 Å². The molecule has 3 aromatic rings. The van der Waals surface area contributed by atoms with Gasteiger partial charge in [-0.1, -0.05) is 69.2 Å². The molecule has 40 heavy (non-hydrogen) atoms. The lowest BCUT2D eigenvalue weighted by molar-refractivity contribution is 0.102. The van der Waals surface area contributed by atoms with E-state index >= 15 is 0 Å². The quantitative estimate of drug-likeness (QED) is 0.255. The molecule has 1 N–H and O–H groups in total. The first-order valence-corrected chi connectivity index (χ1v) is 14.1. The normalized spacial score (nSPS) is 14.9. The molecule has 3 aromatic carbocycles. The summed E-state index contributed by atoms with van der Waals surface area (Å²) >= 11 is 0. The molecule has 0 bridgehead atoms. The molecule has 0 aromatic heterocycles. The van der Waals surface area contributed by atoms with Gasteiger partial charge in [-0.3, -0.25) is 4.79 Å². The molecule has 0 saturated carbocycles. The summed E-state index contributed by atoms with van der Waals surface area (Å²) in [7, 11) is 3.13. The van der Waals surface area contributed by atoms with Crippen molar-refractivity contribution in [3.05, 3.63) is 93.6 Å². The number of carbonyl (C=O) groups is 1. The van der Waals surface area contributed by atoms with Crippen molar-refractivity contribution >= 4 is 5.78 Å². The van der Waals surface area contributed by atoms with Gasteiger partial charge in [0.15, 0.2) is 0 Å². The number of ether oxygens (including phenoxy) is 3. The Kier molecular flexibility index (Phi) is 10.4. The van der Waals surface area contributed by atoms with Crippen molar-refractivity contribution in [2.75, 3.05) is 14.2 Å². The molecular weight excluding hydrogens is 500 g/mol. The first-order chi connectivity index (χ1) is 19.2. The van der Waals surface area contributed by atoms with E-state index in [-0.39, 0.29) is 17.1 Å². The Labute approximate surface area is 239 Å². The molecular formula is C35H44O5. The van der Waals surface area contributed by atoms with Crippen molar-refractivity contribution in [2.24, 2.45) is 5.41 Å². The van der Waals surface area contributed by atoms with E-state index in [9.17, 15) is 9.90 Å². The van der Waals surface area contributed by atoms with Crippen molar-refractivity contribution < 1.29 is 24.1 Å². The Morgan fingerprint density at radius 3 is 2.20 bits per heavy atom. The predicted molar refractivity (Wildman–Crippen MR) is 162 cm³/mol. The number of hydrogen-bond acceptors (Lipinski definition) is 5. The van der Waals surface area contributed by atoms with Gasteiger partial charge in [-0.15, -0.1) is 0 Å². The molecule has 0 fully saturated rings. The van der Waals surface area contributed by atoms with Gasteiger partial charge in [-0.2, -0.15) is 0 Å². The molecule has 0 aliphatic heterocycles. The molecule has 0 saturated heterocycles. The van der Waals surface area contributed by atoms with Crippen LogP contribution in [-0.4, -0.2) is 25.1 Å². The van der Waals surface area contributed by atoms with Crippen LogP contribution in [0.15, 0.2) is 65.7 Å². The van der Waals surface area contributed by atoms with E-state index < -0.39 is 0 Å². The minimum absolute atomic E-state index is 0.0590. The molecule has 5 nitrogen and oxygen atoms in total. The van der Waals surface area contributed by atoms with E-state index in [1.807, 2.05) is 50.2 Å². The van der Waals surface area contributed by atoms with E-state index in [2.05, 4.69) is 27.7 Å². The van der Waals surface area contributed by atoms with Crippen molar-refractivity contribution in [3.63, 3.8) is 0 Å². The Morgan fingerprint density at radius 2 is 1.60 bits per heavy atom. The van der Waals surface area contributed by atoms with Crippen LogP contribution in [0, 0.1) is 5.41 Å². The highest BCUT2D eigenvalue weighted by Crippen LogP contribution is 2.43. The lowest BCUT2D eigenvalue weighted by Gasteiger charge is -2.32. The number of phenols is 1. The summed E-state index contributed by atoms with van der Waals surface area (Å²) in [5, 5.41) is 10.3. The summed E-state index contributed by atoms with van der Waals surface area (Å²) in [5.41, 5.74) is 6.89. The van der Waals surface area contributed by atoms with Gasteiger partial charge in [-0.05, 0) is 67.9 Å². The van der Waals surface area contributed by atoms with Crippen LogP contribution in [0.5, 0.6) is 23.0 Å². The largest absolute Gasteiger partial charge is 0.507 e. The molecule has 2 aliphatic carbocycles. The third-order valence-corrected chi connectivity index (χ3v) is 7.93. The van der Waals surface area contributed by atoms with Gasteiger partial charge in [0.25, 0.3) is 0 Å². The maximum absolute atomic E-state index is 13.3. The molecule has 0 atom stereocenters. The van der Waals surface area contributed by atoms with Crippen molar-refractivity contribution in [1.82, 2.24) is 0 Å². The van der Waals surface area contributed by atoms with Crippen LogP contribution in [0.3, 0.4) is 0 Å². The predicted octanol–water partition coefficient (Wildman–Crippen LogP) is 8.68. The number of hydrogen-bond donors (Lipinski definition) is 1. The Balaban J connectivity index is 0.000000309. The third-order valence-electron chi connectivity index (χ3n) is 7.93. The van der Waals surface area contributed by atoms with Crippen molar-refractivity contribution in [3.8, 4) is 23.0 Å². The van der Waals surface area contributed by atoms with E-state index in [0.717, 1.165) is 11.1 Å². The van der Waals surface area contributed by atoms with Crippen LogP contribution in [0.25, 0.3) is 0 Å². The Morgan fingerprint density at radius 1 is 0.900 bits per heavy atom. The number of aromatic hydroxyl groups is 1. The Bertz CT molecular complexity index is 1350. The highest BCUT2D eigenvalue weighted by atomic mass is 16.5. The SMILES string of the molecule is CC.CC1=C(C)C(C)(C)CCC1.COc1cc2c(c(OCc3ccccc3)c1)C(=O)c1c(O)ccc(OC)c1C2. The highest BCUT2D eigenvalue weighted by molar-refractivity contribution is 6.16. The number of allylic oxidation sites excluding steroid dienone is 2. The fourth-order valence-electron chi connectivity index (χ4n) is 5.31. The number of benzene rings is 3. The number of ketones is 1. The van der Waals surface area contributed by atoms with Crippen LogP contribution < -0.4 is 14.2 Å². The first-order valence-electron chi connectivity index (χ1n) is 14.1. The second-order valence-electron chi connectivity index (χ2n) is 10.7. The summed E-state index contributed by atoms with van der Waals surface area (Å²) in [4.78, 5) is 13.3. The molecule has 214 valence electrons. The van der Waals surface area contributed by atoms with Gasteiger partial charge >= 0.3 is 0 Å². The van der Waals surface area contributed by atoms with Gasteiger partial charge in [0, 0.05) is 18.1 Å². The van der Waals surface area contributed by atoms with E-state index in [4.69, 9.17) is 14.2 Å². The minimum atomic E-state index is -0.279. The third kappa shape index (κ3) is 6.70. The molecule has 5 heteroatoms. The molecule has 0 spiro atoms. The minimum Gasteiger partial charge on any atom is -0.507 e. The molecule has 0 radical (unpaired) electrons. The van der Waals surface area contributed by atoms with Gasteiger partial charge < -0.3 is 19.3 Å².